The second-order valence-corrected chi connectivity index (χ2v) is 29.6. The summed E-state index contributed by atoms with van der Waals surface area (Å²) in [5.41, 5.74) is 14.2. The summed E-state index contributed by atoms with van der Waals surface area (Å²) in [7, 11) is 0. The first-order valence-electron chi connectivity index (χ1n) is 37.2. The van der Waals surface area contributed by atoms with Gasteiger partial charge >= 0.3 is 0 Å². The molecule has 106 heavy (non-hydrogen) atoms. The van der Waals surface area contributed by atoms with E-state index in [1.807, 2.05) is 27.7 Å². The van der Waals surface area contributed by atoms with Crippen LogP contribution in [0.1, 0.15) is 142 Å². The van der Waals surface area contributed by atoms with Crippen molar-refractivity contribution < 1.29 is 67.7 Å². The van der Waals surface area contributed by atoms with Crippen LogP contribution in [-0.4, -0.2) is 190 Å². The molecule has 3 fully saturated rings. The molecule has 28 heteroatoms. The Morgan fingerprint density at radius 3 is 0.925 bits per heavy atom. The number of rotatable bonds is 20. The van der Waals surface area contributed by atoms with E-state index in [4.69, 9.17) is 11.5 Å². The third kappa shape index (κ3) is 24.6. The summed E-state index contributed by atoms with van der Waals surface area (Å²) < 4.78 is 0. The first-order chi connectivity index (χ1) is 50.5. The van der Waals surface area contributed by atoms with E-state index in [0.29, 0.717) is 35.1 Å². The van der Waals surface area contributed by atoms with E-state index in [1.165, 1.54) is 34.1 Å². The van der Waals surface area contributed by atoms with Gasteiger partial charge in [0.25, 0.3) is 0 Å². The van der Waals surface area contributed by atoms with Gasteiger partial charge in [-0.15, -0.1) is 0 Å². The molecule has 3 saturated heterocycles. The molecule has 576 valence electrons. The summed E-state index contributed by atoms with van der Waals surface area (Å²) >= 11 is 0. The minimum Gasteiger partial charge on any atom is -0.508 e. The highest BCUT2D eigenvalue weighted by Crippen LogP contribution is 2.25. The van der Waals surface area contributed by atoms with E-state index in [2.05, 4.69) is 53.2 Å². The molecule has 0 radical (unpaired) electrons. The number of phenolic OH excluding ortho intramolecular Hbond substituents is 2. The van der Waals surface area contributed by atoms with Crippen LogP contribution in [-0.2, 0) is 83.2 Å². The zero-order chi connectivity index (χ0) is 77.3. The van der Waals surface area contributed by atoms with Gasteiger partial charge in [-0.1, -0.05) is 140 Å². The highest BCUT2D eigenvalue weighted by Gasteiger charge is 2.44. The van der Waals surface area contributed by atoms with E-state index in [9.17, 15) is 48.6 Å². The lowest BCUT2D eigenvalue weighted by atomic mass is 9.98. The number of benzene rings is 4. The van der Waals surface area contributed by atoms with Crippen molar-refractivity contribution >= 4 is 70.9 Å². The molecule has 0 aliphatic carbocycles. The van der Waals surface area contributed by atoms with Gasteiger partial charge in [-0.05, 0) is 147 Å². The largest absolute Gasteiger partial charge is 0.508 e. The maximum atomic E-state index is 15.1. The molecule has 0 aromatic heterocycles. The number of carbonyl (C=O) groups is 12. The molecule has 0 bridgehead atoms. The van der Waals surface area contributed by atoms with Gasteiger partial charge in [0.05, 0.1) is 0 Å². The molecule has 3 heterocycles. The summed E-state index contributed by atoms with van der Waals surface area (Å²) in [6, 6.07) is 13.5. The Hall–Kier alpha value is -9.96. The monoisotopic (exact) mass is 1470 g/mol. The molecule has 12 amide bonds. The molecular formula is C78H110N14O14. The zero-order valence-corrected chi connectivity index (χ0v) is 62.2. The van der Waals surface area contributed by atoms with E-state index in [0.717, 1.165) is 0 Å². The molecule has 7 rings (SSSR count). The fourth-order valence-electron chi connectivity index (χ4n) is 13.6. The molecule has 0 saturated carbocycles. The van der Waals surface area contributed by atoms with Crippen molar-refractivity contribution in [2.75, 3.05) is 26.2 Å². The lowest BCUT2D eigenvalue weighted by molar-refractivity contribution is -0.143. The maximum absolute atomic E-state index is 15.1. The zero-order valence-electron chi connectivity index (χ0n) is 62.2. The topological polar surface area (TPSA) is 424 Å². The van der Waals surface area contributed by atoms with Crippen molar-refractivity contribution in [1.82, 2.24) is 63.0 Å². The van der Waals surface area contributed by atoms with Crippen LogP contribution >= 0.6 is 0 Å². The SMILES string of the molecule is CC(C)C[C@@H]1NC(=O)[C@H](CCCN)NC(=O)[C@H](C(C)C)NC(=O)[C@@H](Cc2ccc(O)cc2)NC(=O)[C@@H](Cc2ccccc2)NC(=O)[C@@H]2CCCN2C(=O)[C@H](CC(C)C)NC(=O)[C@H](CCCN)NC(=O)[C@H](C(C)C)NC(=O)[C@@H](Cc2ccc(O)cc2)NC(=O)[C@@H](Cc2ccccc2)NC(=O)[C@@H]2CCCN2C1=O. The van der Waals surface area contributed by atoms with Gasteiger partial charge in [-0.2, -0.15) is 0 Å². The molecular weight excluding hydrogens is 1360 g/mol. The van der Waals surface area contributed by atoms with Crippen LogP contribution in [0.5, 0.6) is 11.5 Å². The van der Waals surface area contributed by atoms with Crippen molar-refractivity contribution in [3.63, 3.8) is 0 Å². The maximum Gasteiger partial charge on any atom is 0.245 e. The number of nitrogens with one attached hydrogen (secondary N) is 10. The third-order valence-corrected chi connectivity index (χ3v) is 19.3. The molecule has 3 aliphatic heterocycles. The van der Waals surface area contributed by atoms with Gasteiger partial charge < -0.3 is 84.6 Å². The van der Waals surface area contributed by atoms with Crippen LogP contribution < -0.4 is 64.6 Å². The lowest BCUT2D eigenvalue weighted by Gasteiger charge is -2.32. The van der Waals surface area contributed by atoms with E-state index in [1.54, 1.807) is 113 Å². The second-order valence-electron chi connectivity index (χ2n) is 29.6. The Kier molecular flexibility index (Phi) is 31.8. The predicted molar refractivity (Wildman–Crippen MR) is 398 cm³/mol. The standard InChI is InChI=1S/C78H110N14O14/c1-45(2)39-61-77(105)91-37-17-25-63(91)73(101)85-57(41-49-19-11-9-12-20-49)69(97)83-60(44-52-29-33-54(94)34-30-52)72(100)90-66(48(7)8)76(104)82-56(24-16-36-80)68(96)88-62(40-46(3)4)78(106)92-38-18-26-64(92)74(102)86-58(42-50-21-13-10-14-22-50)70(98)84-59(43-51-27-31-53(93)32-28-51)71(99)89-65(47(5)6)75(103)81-55(23-15-35-79)67(95)87-61/h9-14,19-22,27-34,45-48,55-66,93-94H,15-18,23-26,35-44,79-80H2,1-8H3,(H,81,103)(H,82,104)(H,83,97)(H,84,98)(H,85,101)(H,86,102)(H,87,95)(H,88,96)(H,89,99)(H,90,100)/t55-,56-,57+,58+,59+,60+,61-,62-,63-,64-,65-,66-/m0/s1. The Morgan fingerprint density at radius 1 is 0.349 bits per heavy atom. The average Bonchev–Trinajstić information content (AvgIpc) is 1.45. The van der Waals surface area contributed by atoms with Crippen LogP contribution in [0.25, 0.3) is 0 Å². The first kappa shape index (κ1) is 83.3. The number of hydrogen-bond acceptors (Lipinski definition) is 16. The van der Waals surface area contributed by atoms with Gasteiger partial charge in [0.1, 0.15) is 84.0 Å². The van der Waals surface area contributed by atoms with Gasteiger partial charge in [-0.25, -0.2) is 0 Å². The van der Waals surface area contributed by atoms with Crippen LogP contribution in [0.15, 0.2) is 109 Å². The fraction of sp³-hybridized carbons (Fsp3) is 0.538. The van der Waals surface area contributed by atoms with E-state index < -0.39 is 155 Å². The molecule has 16 N–H and O–H groups in total. The summed E-state index contributed by atoms with van der Waals surface area (Å²) in [6.45, 7) is 14.4. The molecule has 3 aliphatic rings. The minimum atomic E-state index is -1.45. The molecule has 4 aromatic rings. The number of fused-ring (bicyclic) bond motifs is 2. The van der Waals surface area contributed by atoms with Gasteiger partial charge in [0.2, 0.25) is 70.9 Å². The Labute approximate surface area is 621 Å². The number of carbonyl (C=O) groups excluding carboxylic acids is 12. The highest BCUT2D eigenvalue weighted by molar-refractivity contribution is 6.01. The van der Waals surface area contributed by atoms with Gasteiger partial charge in [0.15, 0.2) is 0 Å². The van der Waals surface area contributed by atoms with Crippen molar-refractivity contribution in [2.45, 2.75) is 218 Å². The van der Waals surface area contributed by atoms with Crippen molar-refractivity contribution in [3.8, 4) is 11.5 Å². The number of phenols is 2. The van der Waals surface area contributed by atoms with Crippen LogP contribution in [0, 0.1) is 23.7 Å². The van der Waals surface area contributed by atoms with Gasteiger partial charge in [0, 0.05) is 38.8 Å². The van der Waals surface area contributed by atoms with Crippen LogP contribution in [0.3, 0.4) is 0 Å². The average molecular weight is 1470 g/mol. The second kappa shape index (κ2) is 40.5. The van der Waals surface area contributed by atoms with E-state index >= 15 is 19.2 Å². The molecule has 4 aromatic carbocycles. The lowest BCUT2D eigenvalue weighted by Crippen LogP contribution is -2.62. The normalized spacial score (nSPS) is 25.2. The summed E-state index contributed by atoms with van der Waals surface area (Å²) in [5, 5.41) is 48.9. The fourth-order valence-corrected chi connectivity index (χ4v) is 13.6. The van der Waals surface area contributed by atoms with Crippen LogP contribution in [0.2, 0.25) is 0 Å². The molecule has 28 nitrogen and oxygen atoms in total. The quantitative estimate of drug-likeness (QED) is 0.0602. The summed E-state index contributed by atoms with van der Waals surface area (Å²) in [6.07, 6.45) is 1.11. The summed E-state index contributed by atoms with van der Waals surface area (Å²) in [4.78, 5) is 182. The number of nitrogens with zero attached hydrogens (tertiary/aromatic N) is 2. The minimum absolute atomic E-state index is 0.00784. The number of hydrogen-bond donors (Lipinski definition) is 14. The molecule has 0 spiro atoms. The summed E-state index contributed by atoms with van der Waals surface area (Å²) in [5.74, 6) is -10.9. The first-order valence-corrected chi connectivity index (χ1v) is 37.2. The smallest absolute Gasteiger partial charge is 0.245 e. The highest BCUT2D eigenvalue weighted by atomic mass is 16.3. The predicted octanol–water partition coefficient (Wildman–Crippen LogP) is 2.09. The van der Waals surface area contributed by atoms with Crippen molar-refractivity contribution in [3.05, 3.63) is 131 Å². The van der Waals surface area contributed by atoms with Gasteiger partial charge in [-0.3, -0.25) is 57.5 Å². The molecule has 0 unspecified atom stereocenters. The Bertz CT molecular complexity index is 3400. The van der Waals surface area contributed by atoms with Crippen molar-refractivity contribution in [1.29, 1.82) is 0 Å². The van der Waals surface area contributed by atoms with E-state index in [-0.39, 0.29) is 127 Å². The van der Waals surface area contributed by atoms with Crippen LogP contribution in [0.4, 0.5) is 0 Å². The Balaban J connectivity index is 1.30. The Morgan fingerprint density at radius 2 is 0.623 bits per heavy atom. The third-order valence-electron chi connectivity index (χ3n) is 19.3. The molecule has 12 atom stereocenters. The number of nitrogens with two attached hydrogens (primary N) is 2. The van der Waals surface area contributed by atoms with Crippen molar-refractivity contribution in [2.24, 2.45) is 35.1 Å². The number of aromatic hydroxyl groups is 2. The number of amides is 12.